The van der Waals surface area contributed by atoms with Crippen molar-refractivity contribution in [1.82, 2.24) is 15.6 Å². The van der Waals surface area contributed by atoms with Gasteiger partial charge in [0.05, 0.1) is 11.4 Å². The number of nitrogens with one attached hydrogen (secondary N) is 2. The molecule has 5 nitrogen and oxygen atoms in total. The molecule has 1 aromatic heterocycles. The number of hydrogen-bond acceptors (Lipinski definition) is 5. The summed E-state index contributed by atoms with van der Waals surface area (Å²) in [7, 11) is 0. The molecular formula is C18H22ClN3O2S. The van der Waals surface area contributed by atoms with Gasteiger partial charge in [0.1, 0.15) is 6.26 Å². The van der Waals surface area contributed by atoms with E-state index in [4.69, 9.17) is 4.42 Å². The highest BCUT2D eigenvalue weighted by atomic mass is 35.5. The molecule has 0 spiro atoms. The van der Waals surface area contributed by atoms with Crippen molar-refractivity contribution in [3.63, 3.8) is 0 Å². The van der Waals surface area contributed by atoms with Gasteiger partial charge in [-0.25, -0.2) is 4.98 Å². The number of benzene rings is 1. The lowest BCUT2D eigenvalue weighted by molar-refractivity contribution is -0.118. The van der Waals surface area contributed by atoms with Crippen molar-refractivity contribution in [2.45, 2.75) is 12.2 Å². The fraction of sp³-hybridized carbons (Fsp3) is 0.333. The van der Waals surface area contributed by atoms with E-state index < -0.39 is 0 Å². The van der Waals surface area contributed by atoms with Gasteiger partial charge >= 0.3 is 0 Å². The predicted octanol–water partition coefficient (Wildman–Crippen LogP) is 3.03. The summed E-state index contributed by atoms with van der Waals surface area (Å²) in [5, 5.41) is 6.23. The van der Waals surface area contributed by atoms with E-state index in [-0.39, 0.29) is 18.3 Å². The molecule has 1 amide bonds. The largest absolute Gasteiger partial charge is 0.444 e. The molecule has 0 saturated heterocycles. The zero-order valence-corrected chi connectivity index (χ0v) is 15.5. The highest BCUT2D eigenvalue weighted by Gasteiger charge is 2.09. The van der Waals surface area contributed by atoms with Crippen molar-refractivity contribution in [1.29, 1.82) is 0 Å². The lowest BCUT2D eigenvalue weighted by atomic mass is 10.1. The molecule has 0 unspecified atom stereocenters. The molecule has 1 aliphatic rings. The molecule has 2 aromatic rings. The number of aromatic nitrogens is 1. The van der Waals surface area contributed by atoms with E-state index >= 15 is 0 Å². The third kappa shape index (κ3) is 6.23. The number of thioether (sulfide) groups is 1. The maximum absolute atomic E-state index is 11.9. The first-order chi connectivity index (χ1) is 11.8. The minimum Gasteiger partial charge on any atom is -0.444 e. The number of hydrogen-bond donors (Lipinski definition) is 2. The summed E-state index contributed by atoms with van der Waals surface area (Å²) in [6, 6.07) is 9.80. The van der Waals surface area contributed by atoms with Gasteiger partial charge in [-0.05, 0) is 25.1 Å². The summed E-state index contributed by atoms with van der Waals surface area (Å²) in [6.07, 6.45) is 4.82. The molecule has 3 rings (SSSR count). The van der Waals surface area contributed by atoms with E-state index in [1.54, 1.807) is 18.0 Å². The van der Waals surface area contributed by atoms with Crippen molar-refractivity contribution in [3.05, 3.63) is 53.9 Å². The smallest absolute Gasteiger partial charge is 0.230 e. The van der Waals surface area contributed by atoms with Crippen LogP contribution in [0, 0.1) is 0 Å². The van der Waals surface area contributed by atoms with Crippen LogP contribution in [0.15, 0.2) is 52.7 Å². The van der Waals surface area contributed by atoms with Crippen LogP contribution in [-0.4, -0.2) is 36.3 Å². The highest BCUT2D eigenvalue weighted by Crippen LogP contribution is 2.20. The Morgan fingerprint density at radius 2 is 2.16 bits per heavy atom. The summed E-state index contributed by atoms with van der Waals surface area (Å²) in [6.45, 7) is 2.55. The Labute approximate surface area is 158 Å². The minimum atomic E-state index is 0. The Hall–Kier alpha value is -1.76. The van der Waals surface area contributed by atoms with Crippen molar-refractivity contribution in [3.8, 4) is 11.5 Å². The first-order valence-electron chi connectivity index (χ1n) is 8.04. The van der Waals surface area contributed by atoms with Crippen LogP contribution in [0.5, 0.6) is 0 Å². The molecule has 0 bridgehead atoms. The Bertz CT molecular complexity index is 703. The van der Waals surface area contributed by atoms with Crippen LogP contribution in [0.3, 0.4) is 0 Å². The van der Waals surface area contributed by atoms with Crippen LogP contribution in [-0.2, 0) is 10.5 Å². The van der Waals surface area contributed by atoms with Crippen LogP contribution in [0.4, 0.5) is 0 Å². The van der Waals surface area contributed by atoms with E-state index in [0.717, 1.165) is 30.8 Å². The summed E-state index contributed by atoms with van der Waals surface area (Å²) < 4.78 is 5.50. The summed E-state index contributed by atoms with van der Waals surface area (Å²) >= 11 is 1.54. The van der Waals surface area contributed by atoms with Gasteiger partial charge in [-0.1, -0.05) is 29.8 Å². The summed E-state index contributed by atoms with van der Waals surface area (Å²) in [5.74, 6) is 1.77. The molecule has 134 valence electrons. The zero-order valence-electron chi connectivity index (χ0n) is 13.9. The van der Waals surface area contributed by atoms with Crippen LogP contribution in [0.2, 0.25) is 0 Å². The lowest BCUT2D eigenvalue weighted by Crippen LogP contribution is -2.30. The van der Waals surface area contributed by atoms with E-state index in [1.807, 2.05) is 30.3 Å². The Balaban J connectivity index is 0.00000225. The predicted molar refractivity (Wildman–Crippen MR) is 104 cm³/mol. The molecule has 2 heterocycles. The molecular weight excluding hydrogens is 358 g/mol. The maximum atomic E-state index is 11.9. The molecule has 1 aliphatic heterocycles. The molecule has 7 heteroatoms. The number of oxazole rings is 1. The average molecular weight is 380 g/mol. The molecule has 0 saturated carbocycles. The molecule has 1 aromatic carbocycles. The van der Waals surface area contributed by atoms with Gasteiger partial charge < -0.3 is 15.1 Å². The van der Waals surface area contributed by atoms with Crippen LogP contribution >= 0.6 is 24.2 Å². The molecule has 0 aliphatic carbocycles. The fourth-order valence-electron chi connectivity index (χ4n) is 2.43. The molecule has 25 heavy (non-hydrogen) atoms. The lowest BCUT2D eigenvalue weighted by Gasteiger charge is -2.14. The van der Waals surface area contributed by atoms with Crippen LogP contribution in [0.25, 0.3) is 11.5 Å². The first-order valence-corrected chi connectivity index (χ1v) is 9.19. The Kier molecular flexibility index (Phi) is 8.04. The van der Waals surface area contributed by atoms with Gasteiger partial charge in [-0.15, -0.1) is 24.2 Å². The van der Waals surface area contributed by atoms with E-state index in [9.17, 15) is 4.79 Å². The number of rotatable bonds is 7. The standard InChI is InChI=1S/C18H21N3O2S.ClH/c22-17(20-10-14-6-8-19-9-7-14)13-24-12-16-11-23-18(21-16)15-4-2-1-3-5-15;/h1-6,11,19H,7-10,12-13H2,(H,20,22);1H. The molecule has 0 radical (unpaired) electrons. The van der Waals surface area contributed by atoms with Gasteiger partial charge in [0.25, 0.3) is 0 Å². The second kappa shape index (κ2) is 10.3. The normalized spacial score (nSPS) is 13.7. The maximum Gasteiger partial charge on any atom is 0.230 e. The average Bonchev–Trinajstić information content (AvgIpc) is 3.11. The Morgan fingerprint density at radius 1 is 1.32 bits per heavy atom. The monoisotopic (exact) mass is 379 g/mol. The number of carbonyl (C=O) groups is 1. The van der Waals surface area contributed by atoms with Crippen molar-refractivity contribution in [2.24, 2.45) is 0 Å². The first kappa shape index (κ1) is 19.6. The second-order valence-corrected chi connectivity index (χ2v) is 6.58. The van der Waals surface area contributed by atoms with Crippen molar-refractivity contribution >= 4 is 30.1 Å². The number of carbonyl (C=O) groups excluding carboxylic acids is 1. The minimum absolute atomic E-state index is 0. The van der Waals surface area contributed by atoms with E-state index in [2.05, 4.69) is 21.7 Å². The van der Waals surface area contributed by atoms with Gasteiger partial charge in [-0.2, -0.15) is 0 Å². The Morgan fingerprint density at radius 3 is 2.92 bits per heavy atom. The van der Waals surface area contributed by atoms with Crippen LogP contribution in [0.1, 0.15) is 12.1 Å². The third-order valence-corrected chi connectivity index (χ3v) is 4.69. The zero-order chi connectivity index (χ0) is 16.6. The summed E-state index contributed by atoms with van der Waals surface area (Å²) in [4.78, 5) is 16.3. The van der Waals surface area contributed by atoms with E-state index in [1.165, 1.54) is 5.57 Å². The third-order valence-electron chi connectivity index (χ3n) is 3.73. The van der Waals surface area contributed by atoms with Gasteiger partial charge in [0, 0.05) is 24.4 Å². The van der Waals surface area contributed by atoms with Gasteiger partial charge in [0.2, 0.25) is 11.8 Å². The quantitative estimate of drug-likeness (QED) is 0.724. The van der Waals surface area contributed by atoms with Gasteiger partial charge in [-0.3, -0.25) is 4.79 Å². The van der Waals surface area contributed by atoms with Crippen molar-refractivity contribution in [2.75, 3.05) is 25.4 Å². The highest BCUT2D eigenvalue weighted by molar-refractivity contribution is 7.99. The second-order valence-electron chi connectivity index (χ2n) is 5.60. The van der Waals surface area contributed by atoms with E-state index in [0.29, 0.717) is 23.9 Å². The topological polar surface area (TPSA) is 67.2 Å². The number of amides is 1. The number of halogens is 1. The SMILES string of the molecule is Cl.O=C(CSCc1coc(-c2ccccc2)n1)NCC1=CCNCC1. The molecule has 0 atom stereocenters. The number of nitrogens with zero attached hydrogens (tertiary/aromatic N) is 1. The van der Waals surface area contributed by atoms with Gasteiger partial charge in [0.15, 0.2) is 0 Å². The molecule has 0 fully saturated rings. The van der Waals surface area contributed by atoms with Crippen LogP contribution < -0.4 is 10.6 Å². The fourth-order valence-corrected chi connectivity index (χ4v) is 3.16. The van der Waals surface area contributed by atoms with Crippen molar-refractivity contribution < 1.29 is 9.21 Å². The molecule has 2 N–H and O–H groups in total. The summed E-state index contributed by atoms with van der Waals surface area (Å²) in [5.41, 5.74) is 3.12.